The number of carbonyl (C=O) groups excluding carboxylic acids is 2. The van der Waals surface area contributed by atoms with Crippen LogP contribution < -0.4 is 5.73 Å². The number of nitrogens with zero attached hydrogens (tertiary/aromatic N) is 2. The van der Waals surface area contributed by atoms with E-state index in [9.17, 15) is 9.90 Å². The first-order chi connectivity index (χ1) is 28.9. The monoisotopic (exact) mass is 814 g/mol. The molecule has 5 fully saturated rings. The Bertz CT molecular complexity index is 2230. The third-order valence-corrected chi connectivity index (χ3v) is 19.2. The van der Waals surface area contributed by atoms with Gasteiger partial charge < -0.3 is 25.2 Å². The summed E-state index contributed by atoms with van der Waals surface area (Å²) in [5, 5.41) is 12.9. The van der Waals surface area contributed by atoms with E-state index in [1.165, 1.54) is 42.4 Å². The van der Waals surface area contributed by atoms with Crippen LogP contribution in [0.4, 0.5) is 0 Å². The molecule has 14 aliphatic rings. The van der Waals surface area contributed by atoms with Crippen molar-refractivity contribution in [2.75, 3.05) is 26.2 Å². The maximum Gasteiger partial charge on any atom is 0.339 e. The van der Waals surface area contributed by atoms with Gasteiger partial charge in [0.15, 0.2) is 11.4 Å². The van der Waals surface area contributed by atoms with Crippen LogP contribution in [0.15, 0.2) is 63.8 Å². The molecule has 3 saturated heterocycles. The first-order valence-electron chi connectivity index (χ1n) is 24.2. The summed E-state index contributed by atoms with van der Waals surface area (Å²) in [7, 11) is 0. The van der Waals surface area contributed by atoms with E-state index < -0.39 is 16.4 Å². The summed E-state index contributed by atoms with van der Waals surface area (Å²) < 4.78 is 14.1. The van der Waals surface area contributed by atoms with E-state index in [1.54, 1.807) is 11.3 Å². The highest BCUT2D eigenvalue weighted by atomic mass is 16.6. The molecule has 2 saturated carbocycles. The highest BCUT2D eigenvalue weighted by molar-refractivity contribution is 6.01. The summed E-state index contributed by atoms with van der Waals surface area (Å²) in [6.45, 7) is 15.6. The number of ether oxygens (including phenoxy) is 2. The van der Waals surface area contributed by atoms with Crippen molar-refractivity contribution < 1.29 is 24.2 Å². The Morgan fingerprint density at radius 1 is 1.05 bits per heavy atom. The molecular weight excluding hydrogens is 747 g/mol. The number of carbonyl (C=O) groups is 2. The molecule has 0 radical (unpaired) electrons. The summed E-state index contributed by atoms with van der Waals surface area (Å²) in [6, 6.07) is 6.91. The lowest BCUT2D eigenvalue weighted by Gasteiger charge is -2.73. The molecule has 8 nitrogen and oxygen atoms in total. The predicted octanol–water partition coefficient (Wildman–Crippen LogP) is 9.26. The maximum absolute atomic E-state index is 16.0. The predicted molar refractivity (Wildman–Crippen MR) is 230 cm³/mol. The molecule has 13 unspecified atom stereocenters. The van der Waals surface area contributed by atoms with Crippen LogP contribution in [0.2, 0.25) is 0 Å². The van der Waals surface area contributed by atoms with E-state index in [4.69, 9.17) is 15.2 Å². The van der Waals surface area contributed by atoms with Crippen LogP contribution in [0, 0.1) is 57.7 Å². The molecule has 0 amide bonds. The molecule has 1 aromatic carbocycles. The number of fused-ring (bicyclic) bond motifs is 3. The number of benzene rings is 1. The van der Waals surface area contributed by atoms with E-state index in [1.807, 2.05) is 0 Å². The zero-order valence-corrected chi connectivity index (χ0v) is 36.8. The van der Waals surface area contributed by atoms with Crippen LogP contribution in [0.3, 0.4) is 0 Å². The number of aryl methyl sites for hydroxylation is 1. The van der Waals surface area contributed by atoms with Crippen molar-refractivity contribution in [1.29, 1.82) is 0 Å². The highest BCUT2D eigenvalue weighted by Crippen LogP contribution is 2.88. The Morgan fingerprint density at radius 2 is 1.90 bits per heavy atom. The van der Waals surface area contributed by atoms with Crippen molar-refractivity contribution in [3.05, 3.63) is 80.5 Å². The van der Waals surface area contributed by atoms with Gasteiger partial charge in [0.25, 0.3) is 0 Å². The zero-order chi connectivity index (χ0) is 41.2. The topological polar surface area (TPSA) is 105 Å². The van der Waals surface area contributed by atoms with Crippen LogP contribution in [0.25, 0.3) is 0 Å². The molecule has 15 rings (SSSR count). The number of hydrogen-bond donors (Lipinski definition) is 2. The standard InChI is InChI=1S/C52H67N3O5/c1-28(2)13-16-49(5)17-14-33-23-37-29(3)20-34-11-12-39-35-22-31-25-54(27-35)30(4)21-40(56)46-50-18-15-36(43(37)45(34)55(39)26-31)44(33)51(50,48(58)59-46)41(24-49)52(50)38-10-6-8-32(9-7-19-53)42(38)47(57)60-52/h6,8,10,23,28-31,35,37,39,41,43,56H,7,9,11-22,24-27,53H2,1-5H3. The minimum atomic E-state index is -1.15. The molecule has 5 aliphatic carbocycles. The number of rotatable bonds is 6. The molecule has 9 aliphatic heterocycles. The third kappa shape index (κ3) is 4.56. The lowest BCUT2D eigenvalue weighted by atomic mass is 9.27. The lowest BCUT2D eigenvalue weighted by molar-refractivity contribution is -0.283. The molecule has 13 atom stereocenters. The van der Waals surface area contributed by atoms with E-state index in [0.29, 0.717) is 72.8 Å². The fraction of sp³-hybridized carbons (Fsp3) is 0.692. The normalized spacial score (nSPS) is 44.1. The highest BCUT2D eigenvalue weighted by Gasteiger charge is 2.94. The van der Waals surface area contributed by atoms with Gasteiger partial charge in [-0.15, -0.1) is 0 Å². The Morgan fingerprint density at radius 3 is 2.72 bits per heavy atom. The van der Waals surface area contributed by atoms with E-state index >= 15 is 4.79 Å². The molecule has 3 spiro atoms. The van der Waals surface area contributed by atoms with Crippen molar-refractivity contribution >= 4 is 11.9 Å². The van der Waals surface area contributed by atoms with Crippen molar-refractivity contribution in [3.8, 4) is 0 Å². The van der Waals surface area contributed by atoms with Crippen LogP contribution in [0.1, 0.15) is 140 Å². The number of aliphatic hydroxyl groups is 1. The van der Waals surface area contributed by atoms with Gasteiger partial charge in [-0.05, 0) is 142 Å². The largest absolute Gasteiger partial charge is 0.509 e. The minimum Gasteiger partial charge on any atom is -0.509 e. The van der Waals surface area contributed by atoms with Gasteiger partial charge in [0.1, 0.15) is 11.2 Å². The van der Waals surface area contributed by atoms with Gasteiger partial charge in [-0.1, -0.05) is 69.5 Å². The molecule has 320 valence electrons. The number of hydrogen-bond acceptors (Lipinski definition) is 8. The Balaban J connectivity index is 1.17. The summed E-state index contributed by atoms with van der Waals surface area (Å²) in [5.41, 5.74) is 12.6. The SMILES string of the molecule is CC(C)CCC1(C)CCC2=CC3C(C)CC4=C5C3C3=C2C26C(=O)OC(=C(O)CC(C)N7CC8CC(C7)C(CC4)N5C8)C2(CC3)C2(OC(=O)c3c(CCCN)cccc32)C6C1. The van der Waals surface area contributed by atoms with Crippen molar-refractivity contribution in [2.24, 2.45) is 63.4 Å². The van der Waals surface area contributed by atoms with Gasteiger partial charge >= 0.3 is 11.9 Å². The first kappa shape index (κ1) is 38.3. The quantitative estimate of drug-likeness (QED) is 0.274. The van der Waals surface area contributed by atoms with Crippen LogP contribution >= 0.6 is 0 Å². The lowest BCUT2D eigenvalue weighted by Crippen LogP contribution is -2.78. The van der Waals surface area contributed by atoms with E-state index in [0.717, 1.165) is 75.7 Å². The number of esters is 2. The number of piperidine rings is 2. The summed E-state index contributed by atoms with van der Waals surface area (Å²) in [6.07, 6.45) is 15.7. The van der Waals surface area contributed by atoms with Crippen LogP contribution in [-0.2, 0) is 26.3 Å². The van der Waals surface area contributed by atoms with Crippen molar-refractivity contribution in [2.45, 2.75) is 142 Å². The van der Waals surface area contributed by atoms with E-state index in [-0.39, 0.29) is 41.0 Å². The van der Waals surface area contributed by atoms with Crippen LogP contribution in [-0.4, -0.2) is 65.1 Å². The fourth-order valence-electron chi connectivity index (χ4n) is 16.8. The molecule has 9 heterocycles. The average molecular weight is 814 g/mol. The van der Waals surface area contributed by atoms with Crippen molar-refractivity contribution in [1.82, 2.24) is 9.80 Å². The second-order valence-electron chi connectivity index (χ2n) is 22.7. The number of nitrogens with two attached hydrogens (primary N) is 1. The molecular formula is C52H67N3O5. The van der Waals surface area contributed by atoms with Gasteiger partial charge in [-0.3, -0.25) is 9.69 Å². The summed E-state index contributed by atoms with van der Waals surface area (Å²) in [5.74, 6) is 2.66. The van der Waals surface area contributed by atoms with Gasteiger partial charge in [0, 0.05) is 61.2 Å². The molecule has 0 aromatic heterocycles. The average Bonchev–Trinajstić information content (AvgIpc) is 3.68. The van der Waals surface area contributed by atoms with Crippen molar-refractivity contribution in [3.63, 3.8) is 0 Å². The zero-order valence-electron chi connectivity index (χ0n) is 36.8. The van der Waals surface area contributed by atoms with Gasteiger partial charge in [-0.2, -0.15) is 0 Å². The second kappa shape index (κ2) is 12.9. The summed E-state index contributed by atoms with van der Waals surface area (Å²) >= 11 is 0. The smallest absolute Gasteiger partial charge is 0.339 e. The Labute approximate surface area is 357 Å². The molecule has 8 heteroatoms. The Hall–Kier alpha value is -3.36. The fourth-order valence-corrected chi connectivity index (χ4v) is 16.8. The van der Waals surface area contributed by atoms with E-state index in [2.05, 4.69) is 68.7 Å². The van der Waals surface area contributed by atoms with Gasteiger partial charge in [-0.25, -0.2) is 4.79 Å². The number of aliphatic hydroxyl groups excluding tert-OH is 1. The minimum absolute atomic E-state index is 0.0715. The number of allylic oxidation sites excluding steroid dienone is 4. The van der Waals surface area contributed by atoms with Gasteiger partial charge in [0.2, 0.25) is 0 Å². The Kier molecular flexibility index (Phi) is 8.22. The van der Waals surface area contributed by atoms with Crippen LogP contribution in [0.5, 0.6) is 0 Å². The molecule has 1 aromatic rings. The maximum atomic E-state index is 16.0. The molecule has 12 bridgehead atoms. The van der Waals surface area contributed by atoms with Gasteiger partial charge in [0.05, 0.1) is 11.0 Å². The first-order valence-corrected chi connectivity index (χ1v) is 24.2. The third-order valence-electron chi connectivity index (χ3n) is 19.2. The second-order valence-corrected chi connectivity index (χ2v) is 22.7. The molecule has 3 N–H and O–H groups in total. The molecule has 60 heavy (non-hydrogen) atoms. The summed E-state index contributed by atoms with van der Waals surface area (Å²) in [4.78, 5) is 36.5.